The molecule has 0 N–H and O–H groups in total. The van der Waals surface area contributed by atoms with Gasteiger partial charge in [-0.05, 0) is 6.07 Å². The Morgan fingerprint density at radius 2 is 2.00 bits per heavy atom. The van der Waals surface area contributed by atoms with E-state index < -0.39 is 5.92 Å². The van der Waals surface area contributed by atoms with Crippen molar-refractivity contribution in [2.75, 3.05) is 18.0 Å². The maximum absolute atomic E-state index is 13.8. The third-order valence-electron chi connectivity index (χ3n) is 4.76. The molecule has 1 aliphatic heterocycles. The van der Waals surface area contributed by atoms with Gasteiger partial charge in [-0.3, -0.25) is 0 Å². The van der Waals surface area contributed by atoms with E-state index in [2.05, 4.69) is 15.0 Å². The molecule has 148 valence electrons. The van der Waals surface area contributed by atoms with E-state index in [1.807, 2.05) is 37.5 Å². The number of aromatic nitrogens is 5. The Balaban J connectivity index is 1.84. The molecule has 0 radical (unpaired) electrons. The average molecular weight is 407 g/mol. The van der Waals surface area contributed by atoms with Crippen LogP contribution >= 0.6 is 11.6 Å². The first-order valence-corrected chi connectivity index (χ1v) is 9.47. The highest BCUT2D eigenvalue weighted by Crippen LogP contribution is 2.34. The van der Waals surface area contributed by atoms with E-state index in [0.717, 1.165) is 5.56 Å². The van der Waals surface area contributed by atoms with Gasteiger partial charge in [-0.15, -0.1) is 0 Å². The number of fused-ring (bicyclic) bond motifs is 1. The van der Waals surface area contributed by atoms with Crippen molar-refractivity contribution in [1.29, 1.82) is 0 Å². The molecule has 4 heterocycles. The topological polar surface area (TPSA) is 59.7 Å². The van der Waals surface area contributed by atoms with Crippen LogP contribution in [0.1, 0.15) is 38.6 Å². The van der Waals surface area contributed by atoms with E-state index in [0.29, 0.717) is 34.5 Å². The summed E-state index contributed by atoms with van der Waals surface area (Å²) < 4.78 is 29.5. The Morgan fingerprint density at radius 3 is 2.64 bits per heavy atom. The van der Waals surface area contributed by atoms with Gasteiger partial charge in [0.15, 0.2) is 17.0 Å². The Hall–Kier alpha value is -2.35. The number of rotatable bonds is 3. The lowest BCUT2D eigenvalue weighted by Gasteiger charge is -2.22. The molecule has 0 aromatic carbocycles. The molecule has 3 aromatic heterocycles. The summed E-state index contributed by atoms with van der Waals surface area (Å²) in [5.41, 5.74) is 1.61. The van der Waals surface area contributed by atoms with Gasteiger partial charge in [0.2, 0.25) is 0 Å². The van der Waals surface area contributed by atoms with E-state index in [1.165, 1.54) is 0 Å². The molecule has 0 amide bonds. The molecule has 0 aliphatic carbocycles. The maximum atomic E-state index is 13.8. The lowest BCUT2D eigenvalue weighted by atomic mass is 9.96. The Bertz CT molecular complexity index is 1030. The van der Waals surface area contributed by atoms with Gasteiger partial charge in [-0.25, -0.2) is 28.7 Å². The summed E-state index contributed by atoms with van der Waals surface area (Å²) in [6.45, 7) is 6.30. The summed E-state index contributed by atoms with van der Waals surface area (Å²) in [6.07, 6.45) is 3.09. The van der Waals surface area contributed by atoms with Crippen LogP contribution in [0.4, 0.5) is 14.6 Å². The largest absolute Gasteiger partial charge is 0.348 e. The van der Waals surface area contributed by atoms with Gasteiger partial charge < -0.3 is 9.47 Å². The van der Waals surface area contributed by atoms with Crippen molar-refractivity contribution < 1.29 is 8.78 Å². The van der Waals surface area contributed by atoms with Crippen LogP contribution in [0.3, 0.4) is 0 Å². The predicted octanol–water partition coefficient (Wildman–Crippen LogP) is 4.07. The van der Waals surface area contributed by atoms with E-state index in [-0.39, 0.29) is 24.9 Å². The molecular weight excluding hydrogens is 386 g/mol. The van der Waals surface area contributed by atoms with Crippen LogP contribution in [0, 0.1) is 0 Å². The molecule has 1 saturated heterocycles. The predicted molar refractivity (Wildman–Crippen MR) is 104 cm³/mol. The Labute approximate surface area is 166 Å². The molecular formula is C19H21ClF2N6. The van der Waals surface area contributed by atoms with E-state index in [1.54, 1.807) is 17.4 Å². The van der Waals surface area contributed by atoms with Crippen LogP contribution in [0.15, 0.2) is 24.7 Å². The van der Waals surface area contributed by atoms with Gasteiger partial charge in [-0.1, -0.05) is 38.4 Å². The minimum atomic E-state index is -2.72. The Morgan fingerprint density at radius 1 is 1.21 bits per heavy atom. The summed E-state index contributed by atoms with van der Waals surface area (Å²) in [7, 11) is 0. The van der Waals surface area contributed by atoms with Crippen molar-refractivity contribution in [3.63, 3.8) is 0 Å². The lowest BCUT2D eigenvalue weighted by molar-refractivity contribution is 0.0257. The minimum Gasteiger partial charge on any atom is -0.348 e. The first-order chi connectivity index (χ1) is 13.1. The van der Waals surface area contributed by atoms with Crippen molar-refractivity contribution in [3.8, 4) is 0 Å². The molecule has 28 heavy (non-hydrogen) atoms. The molecule has 6 nitrogen and oxygen atoms in total. The smallest absolute Gasteiger partial charge is 0.266 e. The third kappa shape index (κ3) is 3.53. The van der Waals surface area contributed by atoms with Gasteiger partial charge in [0.25, 0.3) is 5.92 Å². The van der Waals surface area contributed by atoms with Crippen molar-refractivity contribution in [3.05, 3.63) is 41.2 Å². The zero-order valence-electron chi connectivity index (χ0n) is 16.0. The molecule has 0 saturated carbocycles. The van der Waals surface area contributed by atoms with Crippen LogP contribution < -0.4 is 4.90 Å². The van der Waals surface area contributed by atoms with Gasteiger partial charge in [-0.2, -0.15) is 0 Å². The van der Waals surface area contributed by atoms with Crippen LogP contribution in [-0.2, 0) is 12.0 Å². The molecule has 1 fully saturated rings. The molecule has 0 atom stereocenters. The monoisotopic (exact) mass is 406 g/mol. The number of nitrogens with zero attached hydrogens (tertiary/aromatic N) is 6. The van der Waals surface area contributed by atoms with Gasteiger partial charge in [0, 0.05) is 30.1 Å². The average Bonchev–Trinajstić information content (AvgIpc) is 3.18. The fourth-order valence-corrected chi connectivity index (χ4v) is 3.42. The molecule has 9 heteroatoms. The molecule has 0 unspecified atom stereocenters. The minimum absolute atomic E-state index is 0.185. The Kier molecular flexibility index (Phi) is 4.49. The summed E-state index contributed by atoms with van der Waals surface area (Å²) >= 11 is 6.19. The maximum Gasteiger partial charge on any atom is 0.266 e. The molecule has 1 aliphatic rings. The van der Waals surface area contributed by atoms with Crippen LogP contribution in [-0.4, -0.2) is 43.5 Å². The van der Waals surface area contributed by atoms with Crippen molar-refractivity contribution in [2.24, 2.45) is 0 Å². The van der Waals surface area contributed by atoms with Gasteiger partial charge in [0.1, 0.15) is 11.0 Å². The summed E-state index contributed by atoms with van der Waals surface area (Å²) in [6, 6.07) is 3.70. The summed E-state index contributed by atoms with van der Waals surface area (Å²) in [5.74, 6) is -1.67. The highest BCUT2D eigenvalue weighted by atomic mass is 35.5. The van der Waals surface area contributed by atoms with Crippen molar-refractivity contribution in [1.82, 2.24) is 24.5 Å². The normalized spacial score (nSPS) is 16.9. The molecule has 3 aromatic rings. The fourth-order valence-electron chi connectivity index (χ4n) is 3.24. The summed E-state index contributed by atoms with van der Waals surface area (Å²) in [5, 5.41) is 0.411. The van der Waals surface area contributed by atoms with Crippen LogP contribution in [0.2, 0.25) is 5.15 Å². The van der Waals surface area contributed by atoms with Gasteiger partial charge in [0.05, 0.1) is 19.4 Å². The SMILES string of the molecule is CC(C)(C)c1nc(N2CCC(F)(F)C2)c2ncn(Cc3cccnc3Cl)c2n1. The highest BCUT2D eigenvalue weighted by molar-refractivity contribution is 6.30. The summed E-state index contributed by atoms with van der Waals surface area (Å²) in [4.78, 5) is 19.5. The zero-order valence-corrected chi connectivity index (χ0v) is 16.7. The quantitative estimate of drug-likeness (QED) is 0.614. The lowest BCUT2D eigenvalue weighted by Crippen LogP contribution is -2.27. The second-order valence-electron chi connectivity index (χ2n) is 8.15. The fraction of sp³-hybridized carbons (Fsp3) is 0.474. The highest BCUT2D eigenvalue weighted by Gasteiger charge is 2.40. The number of anilines is 1. The number of imidazole rings is 1. The number of hydrogen-bond donors (Lipinski definition) is 0. The molecule has 0 spiro atoms. The van der Waals surface area contributed by atoms with E-state index in [9.17, 15) is 8.78 Å². The van der Waals surface area contributed by atoms with Gasteiger partial charge >= 0.3 is 0 Å². The molecule has 0 bridgehead atoms. The number of halogens is 3. The first kappa shape index (κ1) is 19.0. The third-order valence-corrected chi connectivity index (χ3v) is 5.10. The zero-order chi connectivity index (χ0) is 20.1. The van der Waals surface area contributed by atoms with Crippen molar-refractivity contribution in [2.45, 2.75) is 45.1 Å². The second kappa shape index (κ2) is 6.62. The van der Waals surface area contributed by atoms with Crippen LogP contribution in [0.25, 0.3) is 11.2 Å². The number of pyridine rings is 1. The number of alkyl halides is 2. The van der Waals surface area contributed by atoms with Crippen molar-refractivity contribution >= 4 is 28.6 Å². The van der Waals surface area contributed by atoms with E-state index in [4.69, 9.17) is 16.6 Å². The standard InChI is InChI=1S/C19H21ClF2N6/c1-18(2,3)17-25-15(27-8-6-19(21,22)10-27)13-16(26-17)28(11-24-13)9-12-5-4-7-23-14(12)20/h4-5,7,11H,6,8-10H2,1-3H3. The number of hydrogen-bond acceptors (Lipinski definition) is 5. The van der Waals surface area contributed by atoms with E-state index >= 15 is 0 Å². The second-order valence-corrected chi connectivity index (χ2v) is 8.50. The first-order valence-electron chi connectivity index (χ1n) is 9.10. The molecule has 4 rings (SSSR count). The van der Waals surface area contributed by atoms with Crippen LogP contribution in [0.5, 0.6) is 0 Å².